The van der Waals surface area contributed by atoms with E-state index in [9.17, 15) is 14.7 Å². The van der Waals surface area contributed by atoms with E-state index in [0.717, 1.165) is 10.3 Å². The molecule has 0 aromatic carbocycles. The fraction of sp³-hybridized carbons (Fsp3) is 0.462. The van der Waals surface area contributed by atoms with Gasteiger partial charge in [-0.15, -0.1) is 0 Å². The normalized spacial score (nSPS) is 18.5. The lowest BCUT2D eigenvalue weighted by Crippen LogP contribution is -2.56. The summed E-state index contributed by atoms with van der Waals surface area (Å²) in [6.45, 7) is 1.37. The second kappa shape index (κ2) is 6.75. The van der Waals surface area contributed by atoms with Crippen molar-refractivity contribution in [2.45, 2.75) is 12.5 Å². The van der Waals surface area contributed by atoms with Crippen molar-refractivity contribution in [2.24, 2.45) is 0 Å². The number of nitrogens with one attached hydrogen (secondary N) is 1. The van der Waals surface area contributed by atoms with Gasteiger partial charge in [0.2, 0.25) is 5.91 Å². The Morgan fingerprint density at radius 3 is 2.81 bits per heavy atom. The molecule has 0 aliphatic carbocycles. The van der Waals surface area contributed by atoms with Crippen LogP contribution in [0.4, 0.5) is 10.6 Å². The van der Waals surface area contributed by atoms with Crippen LogP contribution in [0.15, 0.2) is 22.8 Å². The average Bonchev–Trinajstić information content (AvgIpc) is 2.47. The average molecular weight is 357 g/mol. The van der Waals surface area contributed by atoms with E-state index < -0.39 is 6.09 Å². The van der Waals surface area contributed by atoms with Crippen LogP contribution in [0.2, 0.25) is 0 Å². The van der Waals surface area contributed by atoms with Crippen LogP contribution >= 0.6 is 15.9 Å². The van der Waals surface area contributed by atoms with Crippen molar-refractivity contribution in [1.82, 2.24) is 15.2 Å². The number of anilines is 1. The summed E-state index contributed by atoms with van der Waals surface area (Å²) in [7, 11) is 1.55. The number of hydrogen-bond donors (Lipinski definition) is 2. The molecule has 8 heteroatoms. The molecule has 2 heterocycles. The molecule has 1 fully saturated rings. The topological polar surface area (TPSA) is 85.8 Å². The van der Waals surface area contributed by atoms with Crippen LogP contribution in [-0.4, -0.2) is 59.7 Å². The van der Waals surface area contributed by atoms with Gasteiger partial charge < -0.3 is 20.2 Å². The molecule has 0 spiro atoms. The first-order chi connectivity index (χ1) is 10.0. The van der Waals surface area contributed by atoms with E-state index in [-0.39, 0.29) is 18.4 Å². The lowest BCUT2D eigenvalue weighted by Gasteiger charge is -2.40. The van der Waals surface area contributed by atoms with Crippen molar-refractivity contribution in [2.75, 3.05) is 31.6 Å². The summed E-state index contributed by atoms with van der Waals surface area (Å²) in [5.74, 6) is 0.613. The Morgan fingerprint density at radius 2 is 2.24 bits per heavy atom. The van der Waals surface area contributed by atoms with Gasteiger partial charge in [0, 0.05) is 43.8 Å². The van der Waals surface area contributed by atoms with E-state index in [4.69, 9.17) is 0 Å². The van der Waals surface area contributed by atoms with Crippen LogP contribution in [-0.2, 0) is 4.79 Å². The number of amides is 2. The molecule has 1 aliphatic rings. The zero-order valence-corrected chi connectivity index (χ0v) is 13.2. The smallest absolute Gasteiger partial charge is 0.407 e. The third-order valence-electron chi connectivity index (χ3n) is 3.46. The van der Waals surface area contributed by atoms with E-state index in [0.29, 0.717) is 19.6 Å². The molecule has 1 unspecified atom stereocenters. The van der Waals surface area contributed by atoms with E-state index in [1.54, 1.807) is 13.2 Å². The minimum Gasteiger partial charge on any atom is -0.465 e. The Labute approximate surface area is 131 Å². The molecule has 1 saturated heterocycles. The fourth-order valence-electron chi connectivity index (χ4n) is 2.36. The van der Waals surface area contributed by atoms with Crippen LogP contribution in [0.5, 0.6) is 0 Å². The first kappa shape index (κ1) is 15.6. The van der Waals surface area contributed by atoms with Crippen molar-refractivity contribution >= 4 is 33.7 Å². The lowest BCUT2D eigenvalue weighted by atomic mass is 10.1. The van der Waals surface area contributed by atoms with E-state index >= 15 is 0 Å². The molecule has 2 N–H and O–H groups in total. The summed E-state index contributed by atoms with van der Waals surface area (Å²) in [5, 5.41) is 11.8. The maximum absolute atomic E-state index is 11.6. The van der Waals surface area contributed by atoms with Crippen LogP contribution in [0, 0.1) is 0 Å². The fourth-order valence-corrected chi connectivity index (χ4v) is 2.60. The van der Waals surface area contributed by atoms with Gasteiger partial charge in [0.1, 0.15) is 5.82 Å². The summed E-state index contributed by atoms with van der Waals surface area (Å²) >= 11 is 3.33. The van der Waals surface area contributed by atoms with Gasteiger partial charge in [-0.05, 0) is 28.1 Å². The molecule has 0 bridgehead atoms. The number of piperazine rings is 1. The highest BCUT2D eigenvalue weighted by Crippen LogP contribution is 2.20. The lowest BCUT2D eigenvalue weighted by molar-refractivity contribution is -0.121. The number of halogens is 1. The maximum Gasteiger partial charge on any atom is 0.407 e. The number of pyridine rings is 1. The molecule has 1 atom stereocenters. The Balaban J connectivity index is 2.12. The minimum absolute atomic E-state index is 0.149. The molecule has 1 aromatic heterocycles. The van der Waals surface area contributed by atoms with E-state index in [2.05, 4.69) is 26.2 Å². The SMILES string of the molecule is CNC(=O)CC1CN(c2ccc(Br)cn2)CCN1C(=O)O. The third kappa shape index (κ3) is 3.84. The number of nitrogens with zero attached hydrogens (tertiary/aromatic N) is 3. The molecule has 1 aromatic rings. The highest BCUT2D eigenvalue weighted by Gasteiger charge is 2.32. The highest BCUT2D eigenvalue weighted by molar-refractivity contribution is 9.10. The molecular formula is C13H17BrN4O3. The zero-order chi connectivity index (χ0) is 15.4. The van der Waals surface area contributed by atoms with Crippen molar-refractivity contribution in [3.63, 3.8) is 0 Å². The number of rotatable bonds is 3. The standard InChI is InChI=1S/C13H17BrN4O3/c1-15-12(19)6-10-8-17(4-5-18(10)13(20)21)11-3-2-9(14)7-16-11/h2-3,7,10H,4-6,8H2,1H3,(H,15,19)(H,20,21). The molecule has 21 heavy (non-hydrogen) atoms. The minimum atomic E-state index is -0.993. The Bertz CT molecular complexity index is 523. The van der Waals surface area contributed by atoms with Crippen LogP contribution in [0.25, 0.3) is 0 Å². The van der Waals surface area contributed by atoms with Crippen molar-refractivity contribution in [3.8, 4) is 0 Å². The molecule has 1 aliphatic heterocycles. The summed E-state index contributed by atoms with van der Waals surface area (Å²) < 4.78 is 0.886. The molecule has 0 saturated carbocycles. The molecular weight excluding hydrogens is 340 g/mol. The van der Waals surface area contributed by atoms with Gasteiger partial charge in [-0.1, -0.05) is 0 Å². The molecule has 2 rings (SSSR count). The van der Waals surface area contributed by atoms with E-state index in [1.807, 2.05) is 17.0 Å². The third-order valence-corrected chi connectivity index (χ3v) is 3.93. The molecule has 0 radical (unpaired) electrons. The van der Waals surface area contributed by atoms with Gasteiger partial charge in [0.25, 0.3) is 0 Å². The van der Waals surface area contributed by atoms with Crippen LogP contribution in [0.1, 0.15) is 6.42 Å². The first-order valence-corrected chi connectivity index (χ1v) is 7.37. The summed E-state index contributed by atoms with van der Waals surface area (Å²) in [6, 6.07) is 3.39. The molecule has 2 amide bonds. The summed E-state index contributed by atoms with van der Waals surface area (Å²) in [6.07, 6.45) is 0.856. The second-order valence-corrected chi connectivity index (χ2v) is 5.70. The van der Waals surface area contributed by atoms with Gasteiger partial charge in [0.15, 0.2) is 0 Å². The Kier molecular flexibility index (Phi) is 5.00. The van der Waals surface area contributed by atoms with E-state index in [1.165, 1.54) is 4.90 Å². The van der Waals surface area contributed by atoms with Crippen LogP contribution < -0.4 is 10.2 Å². The number of hydrogen-bond acceptors (Lipinski definition) is 4. The molecule has 7 nitrogen and oxygen atoms in total. The predicted molar refractivity (Wildman–Crippen MR) is 81.4 cm³/mol. The number of carboxylic acid groups (broad SMARTS) is 1. The zero-order valence-electron chi connectivity index (χ0n) is 11.6. The largest absolute Gasteiger partial charge is 0.465 e. The van der Waals surface area contributed by atoms with Gasteiger partial charge >= 0.3 is 6.09 Å². The van der Waals surface area contributed by atoms with Crippen molar-refractivity contribution in [1.29, 1.82) is 0 Å². The van der Waals surface area contributed by atoms with Crippen molar-refractivity contribution < 1.29 is 14.7 Å². The number of carbonyl (C=O) groups excluding carboxylic acids is 1. The van der Waals surface area contributed by atoms with Crippen LogP contribution in [0.3, 0.4) is 0 Å². The van der Waals surface area contributed by atoms with Gasteiger partial charge in [0.05, 0.1) is 6.04 Å². The maximum atomic E-state index is 11.6. The number of aromatic nitrogens is 1. The number of carbonyl (C=O) groups is 2. The first-order valence-electron chi connectivity index (χ1n) is 6.58. The monoisotopic (exact) mass is 356 g/mol. The second-order valence-electron chi connectivity index (χ2n) is 4.79. The quantitative estimate of drug-likeness (QED) is 0.848. The van der Waals surface area contributed by atoms with Crippen molar-refractivity contribution in [3.05, 3.63) is 22.8 Å². The summed E-state index contributed by atoms with van der Waals surface area (Å²) in [5.41, 5.74) is 0. The highest BCUT2D eigenvalue weighted by atomic mass is 79.9. The van der Waals surface area contributed by atoms with Gasteiger partial charge in [-0.25, -0.2) is 9.78 Å². The molecule has 114 valence electrons. The van der Waals surface area contributed by atoms with Gasteiger partial charge in [-0.3, -0.25) is 4.79 Å². The van der Waals surface area contributed by atoms with Gasteiger partial charge in [-0.2, -0.15) is 0 Å². The predicted octanol–water partition coefficient (Wildman–Crippen LogP) is 1.15. The Morgan fingerprint density at radius 1 is 1.48 bits per heavy atom. The Hall–Kier alpha value is -1.83. The summed E-state index contributed by atoms with van der Waals surface area (Å²) in [4.78, 5) is 30.5.